The van der Waals surface area contributed by atoms with Crippen LogP contribution in [0.1, 0.15) is 19.3 Å². The van der Waals surface area contributed by atoms with Crippen LogP contribution < -0.4 is 5.32 Å². The highest BCUT2D eigenvalue weighted by Gasteiger charge is 1.98. The Labute approximate surface area is 77.9 Å². The number of aliphatic hydroxyl groups excluding tert-OH is 1. The SMILES string of the molecule is CSCCNC(=O)CCCCO. The molecule has 0 spiro atoms. The van der Waals surface area contributed by atoms with Crippen molar-refractivity contribution in [1.82, 2.24) is 5.32 Å². The summed E-state index contributed by atoms with van der Waals surface area (Å²) in [7, 11) is 0. The van der Waals surface area contributed by atoms with Gasteiger partial charge in [0.1, 0.15) is 0 Å². The molecule has 0 aliphatic rings. The minimum absolute atomic E-state index is 0.0949. The molecular formula is C8H17NO2S. The molecular weight excluding hydrogens is 174 g/mol. The molecule has 0 heterocycles. The maximum Gasteiger partial charge on any atom is 0.220 e. The first kappa shape index (κ1) is 11.8. The molecule has 0 aromatic rings. The fourth-order valence-electron chi connectivity index (χ4n) is 0.778. The van der Waals surface area contributed by atoms with E-state index >= 15 is 0 Å². The van der Waals surface area contributed by atoms with E-state index in [9.17, 15) is 4.79 Å². The molecule has 4 heteroatoms. The topological polar surface area (TPSA) is 49.3 Å². The van der Waals surface area contributed by atoms with Crippen LogP contribution in [0, 0.1) is 0 Å². The Kier molecular flexibility index (Phi) is 8.71. The Morgan fingerprint density at radius 1 is 1.50 bits per heavy atom. The third-order valence-electron chi connectivity index (χ3n) is 1.44. The summed E-state index contributed by atoms with van der Waals surface area (Å²) in [5.74, 6) is 1.06. The Bertz CT molecular complexity index is 108. The predicted molar refractivity (Wildman–Crippen MR) is 52.3 cm³/mol. The number of unbranched alkanes of at least 4 members (excludes halogenated alkanes) is 1. The Balaban J connectivity index is 3.10. The molecule has 0 aliphatic carbocycles. The summed E-state index contributed by atoms with van der Waals surface area (Å²) < 4.78 is 0. The van der Waals surface area contributed by atoms with Gasteiger partial charge in [0.2, 0.25) is 5.91 Å². The van der Waals surface area contributed by atoms with E-state index in [0.717, 1.165) is 25.1 Å². The second-order valence-corrected chi connectivity index (χ2v) is 3.51. The average molecular weight is 191 g/mol. The van der Waals surface area contributed by atoms with E-state index in [4.69, 9.17) is 5.11 Å². The van der Waals surface area contributed by atoms with Crippen LogP contribution in [0.2, 0.25) is 0 Å². The van der Waals surface area contributed by atoms with E-state index in [1.165, 1.54) is 0 Å². The number of nitrogens with one attached hydrogen (secondary N) is 1. The summed E-state index contributed by atoms with van der Waals surface area (Å²) in [6, 6.07) is 0. The summed E-state index contributed by atoms with van der Waals surface area (Å²) in [6.45, 7) is 0.928. The highest BCUT2D eigenvalue weighted by atomic mass is 32.2. The van der Waals surface area contributed by atoms with Gasteiger partial charge in [-0.3, -0.25) is 4.79 Å². The highest BCUT2D eigenvalue weighted by molar-refractivity contribution is 7.98. The van der Waals surface area contributed by atoms with Crippen molar-refractivity contribution in [2.24, 2.45) is 0 Å². The first-order valence-corrected chi connectivity index (χ1v) is 5.57. The van der Waals surface area contributed by atoms with Crippen molar-refractivity contribution in [2.45, 2.75) is 19.3 Å². The molecule has 0 unspecified atom stereocenters. The van der Waals surface area contributed by atoms with E-state index in [0.29, 0.717) is 6.42 Å². The molecule has 0 fully saturated rings. The third-order valence-corrected chi connectivity index (χ3v) is 2.05. The maximum atomic E-state index is 11.0. The van der Waals surface area contributed by atoms with Gasteiger partial charge in [0.15, 0.2) is 0 Å². The molecule has 0 aromatic carbocycles. The van der Waals surface area contributed by atoms with Crippen molar-refractivity contribution in [2.75, 3.05) is 25.2 Å². The van der Waals surface area contributed by atoms with E-state index in [1.807, 2.05) is 6.26 Å². The molecule has 0 saturated carbocycles. The Morgan fingerprint density at radius 3 is 2.83 bits per heavy atom. The number of hydrogen-bond donors (Lipinski definition) is 2. The van der Waals surface area contributed by atoms with Crippen LogP contribution in [-0.4, -0.2) is 36.2 Å². The van der Waals surface area contributed by atoms with Crippen molar-refractivity contribution in [1.29, 1.82) is 0 Å². The molecule has 0 rings (SSSR count). The van der Waals surface area contributed by atoms with Gasteiger partial charge in [-0.2, -0.15) is 11.8 Å². The number of carbonyl (C=O) groups is 1. The number of amides is 1. The van der Waals surface area contributed by atoms with E-state index in [-0.39, 0.29) is 12.5 Å². The molecule has 1 amide bonds. The van der Waals surface area contributed by atoms with Gasteiger partial charge in [-0.15, -0.1) is 0 Å². The summed E-state index contributed by atoms with van der Waals surface area (Å²) >= 11 is 1.72. The zero-order valence-corrected chi connectivity index (χ0v) is 8.32. The molecule has 0 radical (unpaired) electrons. The van der Waals surface area contributed by atoms with Crippen LogP contribution in [0.3, 0.4) is 0 Å². The van der Waals surface area contributed by atoms with Crippen LogP contribution in [0.15, 0.2) is 0 Å². The highest BCUT2D eigenvalue weighted by Crippen LogP contribution is 1.94. The predicted octanol–water partition coefficient (Wildman–Crippen LogP) is 0.628. The summed E-state index contributed by atoms with van der Waals surface area (Å²) in [6.07, 6.45) is 4.05. The largest absolute Gasteiger partial charge is 0.396 e. The number of hydrogen-bond acceptors (Lipinski definition) is 3. The van der Waals surface area contributed by atoms with Gasteiger partial charge in [0, 0.05) is 25.3 Å². The molecule has 0 aliphatic heterocycles. The minimum atomic E-state index is 0.0949. The van der Waals surface area contributed by atoms with Gasteiger partial charge < -0.3 is 10.4 Å². The monoisotopic (exact) mass is 191 g/mol. The first-order chi connectivity index (χ1) is 5.81. The van der Waals surface area contributed by atoms with E-state index < -0.39 is 0 Å². The van der Waals surface area contributed by atoms with E-state index in [2.05, 4.69) is 5.32 Å². The molecule has 72 valence electrons. The number of aliphatic hydroxyl groups is 1. The fourth-order valence-corrected chi connectivity index (χ4v) is 1.08. The van der Waals surface area contributed by atoms with Gasteiger partial charge in [-0.1, -0.05) is 0 Å². The van der Waals surface area contributed by atoms with Crippen LogP contribution in [0.5, 0.6) is 0 Å². The van der Waals surface area contributed by atoms with Crippen molar-refractivity contribution in [3.8, 4) is 0 Å². The summed E-state index contributed by atoms with van der Waals surface area (Å²) in [5.41, 5.74) is 0. The molecule has 0 saturated heterocycles. The number of rotatable bonds is 7. The fraction of sp³-hybridized carbons (Fsp3) is 0.875. The quantitative estimate of drug-likeness (QED) is 0.580. The van der Waals surface area contributed by atoms with Gasteiger partial charge in [-0.05, 0) is 19.1 Å². The lowest BCUT2D eigenvalue weighted by atomic mass is 10.2. The number of thioether (sulfide) groups is 1. The summed E-state index contributed by atoms with van der Waals surface area (Å²) in [5, 5.41) is 11.3. The lowest BCUT2D eigenvalue weighted by Crippen LogP contribution is -2.25. The van der Waals surface area contributed by atoms with Crippen LogP contribution in [0.25, 0.3) is 0 Å². The summed E-state index contributed by atoms with van der Waals surface area (Å²) in [4.78, 5) is 11.0. The lowest BCUT2D eigenvalue weighted by Gasteiger charge is -2.02. The normalized spacial score (nSPS) is 9.83. The van der Waals surface area contributed by atoms with Gasteiger partial charge in [-0.25, -0.2) is 0 Å². The molecule has 0 bridgehead atoms. The smallest absolute Gasteiger partial charge is 0.220 e. The van der Waals surface area contributed by atoms with Crippen LogP contribution in [-0.2, 0) is 4.79 Å². The molecule has 12 heavy (non-hydrogen) atoms. The third kappa shape index (κ3) is 7.88. The van der Waals surface area contributed by atoms with Crippen molar-refractivity contribution in [3.05, 3.63) is 0 Å². The molecule has 3 nitrogen and oxygen atoms in total. The zero-order valence-electron chi connectivity index (χ0n) is 7.51. The molecule has 0 aromatic heterocycles. The zero-order chi connectivity index (χ0) is 9.23. The van der Waals surface area contributed by atoms with Gasteiger partial charge >= 0.3 is 0 Å². The van der Waals surface area contributed by atoms with Gasteiger partial charge in [0.05, 0.1) is 0 Å². The van der Waals surface area contributed by atoms with Crippen LogP contribution >= 0.6 is 11.8 Å². The van der Waals surface area contributed by atoms with Crippen molar-refractivity contribution in [3.63, 3.8) is 0 Å². The second-order valence-electron chi connectivity index (χ2n) is 2.52. The Hall–Kier alpha value is -0.220. The molecule has 2 N–H and O–H groups in total. The number of carbonyl (C=O) groups excluding carboxylic acids is 1. The van der Waals surface area contributed by atoms with Crippen molar-refractivity contribution >= 4 is 17.7 Å². The van der Waals surface area contributed by atoms with Gasteiger partial charge in [0.25, 0.3) is 0 Å². The average Bonchev–Trinajstić information content (AvgIpc) is 2.06. The standard InChI is InChI=1S/C8H17NO2S/c1-12-7-5-9-8(11)4-2-3-6-10/h10H,2-7H2,1H3,(H,9,11). The molecule has 0 atom stereocenters. The van der Waals surface area contributed by atoms with E-state index in [1.54, 1.807) is 11.8 Å². The van der Waals surface area contributed by atoms with Crippen LogP contribution in [0.4, 0.5) is 0 Å². The Morgan fingerprint density at radius 2 is 2.25 bits per heavy atom. The minimum Gasteiger partial charge on any atom is -0.396 e. The maximum absolute atomic E-state index is 11.0. The second kappa shape index (κ2) is 8.87. The lowest BCUT2D eigenvalue weighted by molar-refractivity contribution is -0.121. The first-order valence-electron chi connectivity index (χ1n) is 4.17. The van der Waals surface area contributed by atoms with Crippen molar-refractivity contribution < 1.29 is 9.90 Å².